The number of hydrogen-bond acceptors (Lipinski definition) is 3. The highest BCUT2D eigenvalue weighted by Gasteiger charge is 2.30. The zero-order chi connectivity index (χ0) is 23.4. The van der Waals surface area contributed by atoms with Gasteiger partial charge in [-0.3, -0.25) is 4.79 Å². The summed E-state index contributed by atoms with van der Waals surface area (Å²) in [6.45, 7) is 1.23. The number of carbonyl (C=O) groups is 1. The smallest absolute Gasteiger partial charge is 0.376 e. The number of aromatic nitrogens is 1. The van der Waals surface area contributed by atoms with Crippen LogP contribution in [-0.4, -0.2) is 29.7 Å². The maximum absolute atomic E-state index is 13.1. The second-order valence-electron chi connectivity index (χ2n) is 7.94. The number of rotatable bonds is 6. The molecule has 33 heavy (non-hydrogen) atoms. The van der Waals surface area contributed by atoms with Crippen molar-refractivity contribution < 1.29 is 22.7 Å². The highest BCUT2D eigenvalue weighted by Crippen LogP contribution is 2.30. The Balaban J connectivity index is 1.61. The van der Waals surface area contributed by atoms with Crippen molar-refractivity contribution in [3.8, 4) is 6.07 Å². The van der Waals surface area contributed by atoms with Gasteiger partial charge in [-0.05, 0) is 42.7 Å². The Morgan fingerprint density at radius 2 is 2.06 bits per heavy atom. The van der Waals surface area contributed by atoms with E-state index in [0.29, 0.717) is 24.3 Å². The lowest BCUT2D eigenvalue weighted by atomic mass is 10.1. The van der Waals surface area contributed by atoms with Crippen LogP contribution in [0.25, 0.3) is 17.0 Å². The predicted octanol–water partition coefficient (Wildman–Crippen LogP) is 4.91. The number of hydrogen-bond donors (Lipinski definition) is 1. The molecule has 170 valence electrons. The Kier molecular flexibility index (Phi) is 6.52. The quantitative estimate of drug-likeness (QED) is 0.426. The van der Waals surface area contributed by atoms with Gasteiger partial charge >= 0.3 is 6.18 Å². The summed E-state index contributed by atoms with van der Waals surface area (Å²) >= 11 is 0. The van der Waals surface area contributed by atoms with Gasteiger partial charge < -0.3 is 14.6 Å². The number of nitrogens with zero attached hydrogens (tertiary/aromatic N) is 2. The summed E-state index contributed by atoms with van der Waals surface area (Å²) < 4.78 is 46.6. The molecule has 1 unspecified atom stereocenters. The molecule has 0 radical (unpaired) electrons. The van der Waals surface area contributed by atoms with Crippen molar-refractivity contribution in [3.05, 3.63) is 77.0 Å². The van der Waals surface area contributed by atoms with E-state index in [0.717, 1.165) is 35.9 Å². The molecule has 1 aliphatic heterocycles. The maximum Gasteiger partial charge on any atom is 0.416 e. The van der Waals surface area contributed by atoms with E-state index in [4.69, 9.17) is 4.74 Å². The van der Waals surface area contributed by atoms with E-state index in [1.807, 2.05) is 34.9 Å². The van der Waals surface area contributed by atoms with E-state index in [9.17, 15) is 23.2 Å². The fourth-order valence-electron chi connectivity index (χ4n) is 3.97. The van der Waals surface area contributed by atoms with Crippen LogP contribution >= 0.6 is 0 Å². The Bertz CT molecular complexity index is 1230. The molecule has 0 spiro atoms. The molecule has 1 N–H and O–H groups in total. The highest BCUT2D eigenvalue weighted by molar-refractivity contribution is 6.04. The molecular formula is C25H22F3N3O2. The highest BCUT2D eigenvalue weighted by atomic mass is 19.4. The van der Waals surface area contributed by atoms with Gasteiger partial charge in [0.1, 0.15) is 11.6 Å². The summed E-state index contributed by atoms with van der Waals surface area (Å²) in [5.41, 5.74) is 1.18. The van der Waals surface area contributed by atoms with Crippen LogP contribution in [0.1, 0.15) is 29.5 Å². The second kappa shape index (κ2) is 9.51. The zero-order valence-electron chi connectivity index (χ0n) is 17.7. The van der Waals surface area contributed by atoms with Gasteiger partial charge in [0.15, 0.2) is 0 Å². The third kappa shape index (κ3) is 5.26. The molecular weight excluding hydrogens is 431 g/mol. The zero-order valence-corrected chi connectivity index (χ0v) is 17.7. The lowest BCUT2D eigenvalue weighted by Crippen LogP contribution is -2.32. The normalized spacial score (nSPS) is 16.7. The van der Waals surface area contributed by atoms with Crippen LogP contribution in [0.15, 0.2) is 60.3 Å². The predicted molar refractivity (Wildman–Crippen MR) is 118 cm³/mol. The Labute approximate surface area is 189 Å². The molecule has 1 fully saturated rings. The molecule has 0 saturated carbocycles. The molecule has 0 aliphatic carbocycles. The molecule has 1 saturated heterocycles. The molecule has 0 bridgehead atoms. The topological polar surface area (TPSA) is 67.0 Å². The van der Waals surface area contributed by atoms with Crippen molar-refractivity contribution in [2.75, 3.05) is 13.2 Å². The Morgan fingerprint density at radius 1 is 1.24 bits per heavy atom. The number of alkyl halides is 3. The van der Waals surface area contributed by atoms with E-state index < -0.39 is 17.6 Å². The van der Waals surface area contributed by atoms with Crippen LogP contribution in [0.3, 0.4) is 0 Å². The molecule has 5 nitrogen and oxygen atoms in total. The van der Waals surface area contributed by atoms with Gasteiger partial charge in [0.25, 0.3) is 5.91 Å². The number of benzene rings is 2. The molecule has 3 aromatic rings. The van der Waals surface area contributed by atoms with Gasteiger partial charge in [0, 0.05) is 42.4 Å². The number of fused-ring (bicyclic) bond motifs is 1. The third-order valence-corrected chi connectivity index (χ3v) is 5.61. The van der Waals surface area contributed by atoms with Crippen molar-refractivity contribution in [3.63, 3.8) is 0 Å². The second-order valence-corrected chi connectivity index (χ2v) is 7.94. The third-order valence-electron chi connectivity index (χ3n) is 5.61. The van der Waals surface area contributed by atoms with Crippen molar-refractivity contribution >= 4 is 22.9 Å². The van der Waals surface area contributed by atoms with Gasteiger partial charge in [-0.1, -0.05) is 30.3 Å². The van der Waals surface area contributed by atoms with E-state index in [2.05, 4.69) is 5.32 Å². The molecule has 1 atom stereocenters. The summed E-state index contributed by atoms with van der Waals surface area (Å²) in [5, 5.41) is 13.1. The maximum atomic E-state index is 13.1. The fraction of sp³-hybridized carbons (Fsp3) is 0.280. The summed E-state index contributed by atoms with van der Waals surface area (Å²) in [4.78, 5) is 12.5. The average molecular weight is 453 g/mol. The number of halogens is 3. The van der Waals surface area contributed by atoms with Gasteiger partial charge in [0.05, 0.1) is 11.7 Å². The van der Waals surface area contributed by atoms with Crippen LogP contribution < -0.4 is 5.32 Å². The summed E-state index contributed by atoms with van der Waals surface area (Å²) in [7, 11) is 0. The molecule has 8 heteroatoms. The lowest BCUT2D eigenvalue weighted by molar-refractivity contribution is -0.137. The van der Waals surface area contributed by atoms with Crippen LogP contribution in [0, 0.1) is 11.3 Å². The first kappa shape index (κ1) is 22.6. The summed E-state index contributed by atoms with van der Waals surface area (Å²) in [6.07, 6.45) is 0.623. The first-order valence-electron chi connectivity index (χ1n) is 10.6. The molecule has 1 aromatic heterocycles. The number of para-hydroxylation sites is 1. The summed E-state index contributed by atoms with van der Waals surface area (Å²) in [5.74, 6) is -0.484. The SMILES string of the molecule is N#C/C(=C\c1cn(Cc2cccc(C(F)(F)F)c2)c2ccccc12)C(=O)NCC1CCCO1. The van der Waals surface area contributed by atoms with Crippen molar-refractivity contribution in [2.45, 2.75) is 31.7 Å². The van der Waals surface area contributed by atoms with Crippen LogP contribution in [0.2, 0.25) is 0 Å². The van der Waals surface area contributed by atoms with E-state index in [1.165, 1.54) is 12.1 Å². The number of nitrogens with one attached hydrogen (secondary N) is 1. The van der Waals surface area contributed by atoms with Gasteiger partial charge in [-0.25, -0.2) is 0 Å². The minimum atomic E-state index is -4.42. The number of nitriles is 1. The number of amides is 1. The van der Waals surface area contributed by atoms with E-state index in [-0.39, 0.29) is 18.2 Å². The first-order chi connectivity index (χ1) is 15.8. The van der Waals surface area contributed by atoms with Crippen molar-refractivity contribution in [2.24, 2.45) is 0 Å². The monoisotopic (exact) mass is 453 g/mol. The van der Waals surface area contributed by atoms with Crippen LogP contribution in [0.5, 0.6) is 0 Å². The molecule has 4 rings (SSSR count). The Hall–Kier alpha value is -3.57. The minimum Gasteiger partial charge on any atom is -0.376 e. The lowest BCUT2D eigenvalue weighted by Gasteiger charge is -2.10. The van der Waals surface area contributed by atoms with Crippen LogP contribution in [-0.2, 0) is 22.3 Å². The van der Waals surface area contributed by atoms with Crippen LogP contribution in [0.4, 0.5) is 13.2 Å². The van der Waals surface area contributed by atoms with Gasteiger partial charge in [0.2, 0.25) is 0 Å². The van der Waals surface area contributed by atoms with Crippen molar-refractivity contribution in [1.82, 2.24) is 9.88 Å². The van der Waals surface area contributed by atoms with Gasteiger partial charge in [-0.2, -0.15) is 18.4 Å². The molecule has 1 aliphatic rings. The van der Waals surface area contributed by atoms with E-state index in [1.54, 1.807) is 12.3 Å². The fourth-order valence-corrected chi connectivity index (χ4v) is 3.97. The Morgan fingerprint density at radius 3 is 2.79 bits per heavy atom. The largest absolute Gasteiger partial charge is 0.416 e. The first-order valence-corrected chi connectivity index (χ1v) is 10.6. The van der Waals surface area contributed by atoms with Gasteiger partial charge in [-0.15, -0.1) is 0 Å². The average Bonchev–Trinajstić information content (AvgIpc) is 3.44. The minimum absolute atomic E-state index is 0.0386. The van der Waals surface area contributed by atoms with Crippen molar-refractivity contribution in [1.29, 1.82) is 5.26 Å². The van der Waals surface area contributed by atoms with E-state index >= 15 is 0 Å². The molecule has 2 heterocycles. The molecule has 2 aromatic carbocycles. The number of carbonyl (C=O) groups excluding carboxylic acids is 1. The number of ether oxygens (including phenoxy) is 1. The molecule has 1 amide bonds. The summed E-state index contributed by atoms with van der Waals surface area (Å²) in [6, 6.07) is 14.5. The standard InChI is InChI=1S/C25H22F3N3O2/c26-25(27,28)20-6-3-5-17(11-20)15-31-16-19(22-8-1-2-9-23(22)31)12-18(13-29)24(32)30-14-21-7-4-10-33-21/h1-3,5-6,8-9,11-12,16,21H,4,7,10,14-15H2,(H,30,32)/b18-12+.